The van der Waals surface area contributed by atoms with Crippen LogP contribution in [-0.4, -0.2) is 55.0 Å². The van der Waals surface area contributed by atoms with Gasteiger partial charge in [-0.1, -0.05) is 6.42 Å². The number of nitrogens with two attached hydrogens (primary N) is 1. The van der Waals surface area contributed by atoms with E-state index in [1.54, 1.807) is 0 Å². The van der Waals surface area contributed by atoms with Crippen molar-refractivity contribution in [2.24, 2.45) is 11.7 Å². The normalized spacial score (nSPS) is 29.4. The average Bonchev–Trinajstić information content (AvgIpc) is 2.83. The number of piperidine rings is 1. The van der Waals surface area contributed by atoms with Gasteiger partial charge in [0.05, 0.1) is 0 Å². The van der Waals surface area contributed by atoms with Gasteiger partial charge in [0.1, 0.15) is 0 Å². The minimum absolute atomic E-state index is 0. The lowest BCUT2D eigenvalue weighted by Crippen LogP contribution is -2.40. The summed E-state index contributed by atoms with van der Waals surface area (Å²) in [6.45, 7) is 2.10. The second kappa shape index (κ2) is 9.88. The molecule has 0 radical (unpaired) electrons. The van der Waals surface area contributed by atoms with Crippen LogP contribution >= 0.6 is 24.8 Å². The van der Waals surface area contributed by atoms with Crippen molar-refractivity contribution in [2.45, 2.75) is 57.0 Å². The second-order valence-electron chi connectivity index (χ2n) is 6.45. The smallest absolute Gasteiger partial charge is 0.225 e. The van der Waals surface area contributed by atoms with Crippen molar-refractivity contribution < 1.29 is 4.79 Å². The molecule has 0 aromatic rings. The molecule has 2 fully saturated rings. The number of halogens is 2. The zero-order chi connectivity index (χ0) is 13.8. The van der Waals surface area contributed by atoms with Gasteiger partial charge in [0.15, 0.2) is 0 Å². The molecule has 0 aromatic heterocycles. The number of likely N-dealkylation sites (tertiary alicyclic amines) is 1. The van der Waals surface area contributed by atoms with Crippen LogP contribution in [0.5, 0.6) is 0 Å². The highest BCUT2D eigenvalue weighted by Crippen LogP contribution is 2.26. The fourth-order valence-electron chi connectivity index (χ4n) is 3.51. The quantitative estimate of drug-likeness (QED) is 0.854. The van der Waals surface area contributed by atoms with E-state index in [-0.39, 0.29) is 36.8 Å². The van der Waals surface area contributed by atoms with Crippen LogP contribution in [0.2, 0.25) is 0 Å². The molecular weight excluding hydrogens is 309 g/mol. The summed E-state index contributed by atoms with van der Waals surface area (Å²) >= 11 is 0. The van der Waals surface area contributed by atoms with Gasteiger partial charge in [0.25, 0.3) is 0 Å². The highest BCUT2D eigenvalue weighted by Gasteiger charge is 2.30. The Hall–Kier alpha value is -0.0300. The van der Waals surface area contributed by atoms with Gasteiger partial charge < -0.3 is 15.5 Å². The zero-order valence-corrected chi connectivity index (χ0v) is 14.9. The molecule has 21 heavy (non-hydrogen) atoms. The van der Waals surface area contributed by atoms with E-state index in [9.17, 15) is 4.79 Å². The molecule has 1 heterocycles. The second-order valence-corrected chi connectivity index (χ2v) is 6.45. The van der Waals surface area contributed by atoms with Crippen LogP contribution in [0.4, 0.5) is 0 Å². The van der Waals surface area contributed by atoms with Crippen molar-refractivity contribution >= 4 is 30.7 Å². The topological polar surface area (TPSA) is 49.6 Å². The number of nitrogens with zero attached hydrogens (tertiary/aromatic N) is 2. The molecule has 1 aliphatic heterocycles. The standard InChI is InChI=1S/C15H29N3O.2ClH/c1-17-9-4-3-5-14(17)8-10-18(2)15(19)12-6-7-13(16)11-12;;/h12-14H,3-11,16H2,1-2H3;2*1H. The summed E-state index contributed by atoms with van der Waals surface area (Å²) in [4.78, 5) is 16.7. The summed E-state index contributed by atoms with van der Waals surface area (Å²) < 4.78 is 0. The largest absolute Gasteiger partial charge is 0.345 e. The first kappa shape index (κ1) is 21.0. The molecule has 126 valence electrons. The average molecular weight is 340 g/mol. The van der Waals surface area contributed by atoms with E-state index in [2.05, 4.69) is 11.9 Å². The molecule has 2 rings (SSSR count). The van der Waals surface area contributed by atoms with Crippen molar-refractivity contribution in [3.63, 3.8) is 0 Å². The molecule has 1 saturated heterocycles. The zero-order valence-electron chi connectivity index (χ0n) is 13.3. The molecular formula is C15H31Cl2N3O. The Bertz CT molecular complexity index is 317. The van der Waals surface area contributed by atoms with Crippen LogP contribution in [0, 0.1) is 5.92 Å². The first-order valence-electron chi connectivity index (χ1n) is 7.78. The third-order valence-corrected chi connectivity index (χ3v) is 4.92. The van der Waals surface area contributed by atoms with Crippen LogP contribution in [0.15, 0.2) is 0 Å². The predicted molar refractivity (Wildman–Crippen MR) is 92.3 cm³/mol. The Morgan fingerprint density at radius 3 is 2.52 bits per heavy atom. The van der Waals surface area contributed by atoms with Crippen molar-refractivity contribution in [1.82, 2.24) is 9.80 Å². The number of amides is 1. The summed E-state index contributed by atoms with van der Waals surface area (Å²) in [5, 5.41) is 0. The summed E-state index contributed by atoms with van der Waals surface area (Å²) in [6.07, 6.45) is 7.92. The molecule has 0 bridgehead atoms. The SMILES string of the molecule is CN(CCC1CCCCN1C)C(=O)C1CCC(N)C1.Cl.Cl. The van der Waals surface area contributed by atoms with Gasteiger partial charge in [0, 0.05) is 31.6 Å². The van der Waals surface area contributed by atoms with Gasteiger partial charge in [-0.2, -0.15) is 0 Å². The van der Waals surface area contributed by atoms with Crippen molar-refractivity contribution in [3.05, 3.63) is 0 Å². The Morgan fingerprint density at radius 1 is 1.24 bits per heavy atom. The highest BCUT2D eigenvalue weighted by atomic mass is 35.5. The molecule has 4 nitrogen and oxygen atoms in total. The molecule has 1 saturated carbocycles. The Balaban J connectivity index is 0.00000200. The molecule has 2 N–H and O–H groups in total. The van der Waals surface area contributed by atoms with Crippen LogP contribution in [0.1, 0.15) is 44.9 Å². The Labute approximate surface area is 141 Å². The number of carbonyl (C=O) groups is 1. The van der Waals surface area contributed by atoms with E-state index in [1.165, 1.54) is 25.8 Å². The maximum atomic E-state index is 12.3. The van der Waals surface area contributed by atoms with Crippen LogP contribution in [-0.2, 0) is 4.79 Å². The lowest BCUT2D eigenvalue weighted by Gasteiger charge is -2.33. The fourth-order valence-corrected chi connectivity index (χ4v) is 3.51. The minimum Gasteiger partial charge on any atom is -0.345 e. The third kappa shape index (κ3) is 5.93. The lowest BCUT2D eigenvalue weighted by molar-refractivity contribution is -0.134. The van der Waals surface area contributed by atoms with Crippen molar-refractivity contribution in [1.29, 1.82) is 0 Å². The number of rotatable bonds is 4. The maximum absolute atomic E-state index is 12.3. The highest BCUT2D eigenvalue weighted by molar-refractivity contribution is 5.85. The molecule has 0 spiro atoms. The van der Waals surface area contributed by atoms with Crippen molar-refractivity contribution in [3.8, 4) is 0 Å². The minimum atomic E-state index is 0. The summed E-state index contributed by atoms with van der Waals surface area (Å²) in [5.41, 5.74) is 5.89. The van der Waals surface area contributed by atoms with Gasteiger partial charge in [0.2, 0.25) is 5.91 Å². The molecule has 1 amide bonds. The van der Waals surface area contributed by atoms with Crippen LogP contribution < -0.4 is 5.73 Å². The monoisotopic (exact) mass is 339 g/mol. The maximum Gasteiger partial charge on any atom is 0.225 e. The first-order valence-corrected chi connectivity index (χ1v) is 7.78. The fraction of sp³-hybridized carbons (Fsp3) is 0.933. The molecule has 6 heteroatoms. The van der Waals surface area contributed by atoms with E-state index in [0.29, 0.717) is 11.9 Å². The van der Waals surface area contributed by atoms with E-state index in [1.807, 2.05) is 11.9 Å². The first-order chi connectivity index (χ1) is 9.08. The van der Waals surface area contributed by atoms with E-state index < -0.39 is 0 Å². The van der Waals surface area contributed by atoms with E-state index in [0.717, 1.165) is 32.2 Å². The molecule has 3 atom stereocenters. The van der Waals surface area contributed by atoms with Gasteiger partial charge in [-0.15, -0.1) is 24.8 Å². The number of carbonyl (C=O) groups excluding carboxylic acids is 1. The molecule has 1 aliphatic carbocycles. The summed E-state index contributed by atoms with van der Waals surface area (Å²) in [7, 11) is 4.16. The lowest BCUT2D eigenvalue weighted by atomic mass is 9.99. The molecule has 2 aliphatic rings. The van der Waals surface area contributed by atoms with Gasteiger partial charge in [-0.25, -0.2) is 0 Å². The third-order valence-electron chi connectivity index (χ3n) is 4.92. The summed E-state index contributed by atoms with van der Waals surface area (Å²) in [5.74, 6) is 0.496. The molecule has 3 unspecified atom stereocenters. The predicted octanol–water partition coefficient (Wildman–Crippen LogP) is 2.29. The number of hydrogen-bond donors (Lipinski definition) is 1. The Morgan fingerprint density at radius 2 is 1.95 bits per heavy atom. The van der Waals surface area contributed by atoms with Crippen LogP contribution in [0.3, 0.4) is 0 Å². The summed E-state index contributed by atoms with van der Waals surface area (Å²) in [6, 6.07) is 0.904. The van der Waals surface area contributed by atoms with Gasteiger partial charge >= 0.3 is 0 Å². The van der Waals surface area contributed by atoms with Gasteiger partial charge in [-0.05, 0) is 52.1 Å². The van der Waals surface area contributed by atoms with E-state index in [4.69, 9.17) is 5.73 Å². The number of hydrogen-bond acceptors (Lipinski definition) is 3. The van der Waals surface area contributed by atoms with E-state index >= 15 is 0 Å². The molecule has 0 aromatic carbocycles. The van der Waals surface area contributed by atoms with Crippen molar-refractivity contribution in [2.75, 3.05) is 27.2 Å². The van der Waals surface area contributed by atoms with Gasteiger partial charge in [-0.3, -0.25) is 4.79 Å². The Kier molecular flexibility index (Phi) is 9.87. The van der Waals surface area contributed by atoms with Crippen LogP contribution in [0.25, 0.3) is 0 Å².